The van der Waals surface area contributed by atoms with Crippen LogP contribution < -0.4 is 5.32 Å². The molecule has 0 aliphatic carbocycles. The van der Waals surface area contributed by atoms with Crippen molar-refractivity contribution < 1.29 is 14.7 Å². The Balaban J connectivity index is 2.30. The second kappa shape index (κ2) is 8.75. The van der Waals surface area contributed by atoms with Gasteiger partial charge in [0.1, 0.15) is 12.2 Å². The lowest BCUT2D eigenvalue weighted by atomic mass is 10.2. The highest BCUT2D eigenvalue weighted by atomic mass is 35.5. The number of hydrogen-bond acceptors (Lipinski definition) is 4. The van der Waals surface area contributed by atoms with E-state index in [1.165, 1.54) is 6.20 Å². The summed E-state index contributed by atoms with van der Waals surface area (Å²) in [6, 6.07) is 7.39. The van der Waals surface area contributed by atoms with Gasteiger partial charge < -0.3 is 15.0 Å². The number of aliphatic carboxylic acids is 1. The van der Waals surface area contributed by atoms with Gasteiger partial charge in [-0.3, -0.25) is 9.59 Å². The molecule has 2 aromatic rings. The molecule has 0 bridgehead atoms. The van der Waals surface area contributed by atoms with E-state index >= 15 is 0 Å². The van der Waals surface area contributed by atoms with Crippen LogP contribution in [0.5, 0.6) is 0 Å². The monoisotopic (exact) mass is 367 g/mol. The van der Waals surface area contributed by atoms with Crippen LogP contribution >= 0.6 is 23.4 Å². The largest absolute Gasteiger partial charge is 0.480 e. The minimum absolute atomic E-state index is 0.315. The Kier molecular flexibility index (Phi) is 6.69. The van der Waals surface area contributed by atoms with Crippen molar-refractivity contribution in [1.82, 2.24) is 14.9 Å². The van der Waals surface area contributed by atoms with Crippen molar-refractivity contribution in [3.8, 4) is 0 Å². The summed E-state index contributed by atoms with van der Waals surface area (Å²) in [5, 5.41) is 12.4. The van der Waals surface area contributed by atoms with Crippen LogP contribution in [0.15, 0.2) is 35.6 Å². The second-order valence-corrected chi connectivity index (χ2v) is 6.50. The van der Waals surface area contributed by atoms with Crippen LogP contribution in [0.3, 0.4) is 0 Å². The van der Waals surface area contributed by atoms with Crippen molar-refractivity contribution in [2.75, 3.05) is 12.3 Å². The summed E-state index contributed by atoms with van der Waals surface area (Å²) in [5.41, 5.74) is 1.18. The summed E-state index contributed by atoms with van der Waals surface area (Å²) in [6.45, 7) is 2.02. The molecular formula is C16H18ClN3O3S. The van der Waals surface area contributed by atoms with E-state index in [0.29, 0.717) is 22.4 Å². The number of nitrogens with zero attached hydrogens (tertiary/aromatic N) is 2. The zero-order valence-electron chi connectivity index (χ0n) is 13.2. The first-order valence-electron chi connectivity index (χ1n) is 7.44. The van der Waals surface area contributed by atoms with Crippen molar-refractivity contribution in [2.24, 2.45) is 0 Å². The molecule has 0 radical (unpaired) electrons. The third-order valence-corrected chi connectivity index (χ3v) is 4.74. The first-order chi connectivity index (χ1) is 11.5. The Hall–Kier alpha value is -1.99. The van der Waals surface area contributed by atoms with E-state index < -0.39 is 18.4 Å². The number of carboxylic acid groups (broad SMARTS) is 1. The highest BCUT2D eigenvalue weighted by Gasteiger charge is 2.18. The fourth-order valence-corrected chi connectivity index (χ4v) is 3.07. The highest BCUT2D eigenvalue weighted by molar-refractivity contribution is 7.99. The van der Waals surface area contributed by atoms with Crippen molar-refractivity contribution in [3.05, 3.63) is 46.7 Å². The number of imidazole rings is 1. The lowest BCUT2D eigenvalue weighted by Gasteiger charge is -2.12. The molecule has 0 fully saturated rings. The molecule has 0 aliphatic heterocycles. The number of carbonyl (C=O) groups excluding carboxylic acids is 1. The van der Waals surface area contributed by atoms with E-state index in [1.54, 1.807) is 22.4 Å². The van der Waals surface area contributed by atoms with E-state index in [1.807, 2.05) is 18.2 Å². The van der Waals surface area contributed by atoms with E-state index in [0.717, 1.165) is 17.7 Å². The maximum absolute atomic E-state index is 12.3. The normalized spacial score (nSPS) is 10.6. The van der Waals surface area contributed by atoms with Gasteiger partial charge in [-0.05, 0) is 18.1 Å². The molecule has 0 atom stereocenters. The van der Waals surface area contributed by atoms with E-state index in [9.17, 15) is 9.59 Å². The van der Waals surface area contributed by atoms with Gasteiger partial charge in [-0.2, -0.15) is 0 Å². The van der Waals surface area contributed by atoms with Gasteiger partial charge in [0.15, 0.2) is 5.16 Å². The molecule has 24 heavy (non-hydrogen) atoms. The van der Waals surface area contributed by atoms with Gasteiger partial charge in [-0.15, -0.1) is 0 Å². The zero-order chi connectivity index (χ0) is 17.5. The maximum atomic E-state index is 12.3. The van der Waals surface area contributed by atoms with E-state index in [4.69, 9.17) is 16.7 Å². The quantitative estimate of drug-likeness (QED) is 0.701. The van der Waals surface area contributed by atoms with Gasteiger partial charge in [-0.25, -0.2) is 4.98 Å². The molecule has 1 amide bonds. The fourth-order valence-electron chi connectivity index (χ4n) is 2.04. The van der Waals surface area contributed by atoms with E-state index in [2.05, 4.69) is 17.2 Å². The van der Waals surface area contributed by atoms with Crippen LogP contribution in [-0.2, 0) is 11.3 Å². The number of benzene rings is 1. The minimum atomic E-state index is -1.10. The average Bonchev–Trinajstić information content (AvgIpc) is 2.95. The molecule has 8 heteroatoms. The number of hydrogen-bond donors (Lipinski definition) is 2. The number of halogens is 1. The lowest BCUT2D eigenvalue weighted by Crippen LogP contribution is -2.31. The molecule has 0 saturated heterocycles. The average molecular weight is 368 g/mol. The lowest BCUT2D eigenvalue weighted by molar-refractivity contribution is -0.135. The summed E-state index contributed by atoms with van der Waals surface area (Å²) < 4.78 is 1.76. The molecule has 1 aromatic carbocycles. The third kappa shape index (κ3) is 4.75. The van der Waals surface area contributed by atoms with Gasteiger partial charge in [-0.1, -0.05) is 48.5 Å². The van der Waals surface area contributed by atoms with Crippen LogP contribution in [0.1, 0.15) is 29.4 Å². The number of aromatic nitrogens is 2. The summed E-state index contributed by atoms with van der Waals surface area (Å²) in [5.74, 6) is -0.697. The Morgan fingerprint density at radius 2 is 2.12 bits per heavy atom. The Morgan fingerprint density at radius 1 is 1.38 bits per heavy atom. The van der Waals surface area contributed by atoms with Gasteiger partial charge in [0.25, 0.3) is 5.91 Å². The van der Waals surface area contributed by atoms with Crippen molar-refractivity contribution in [2.45, 2.75) is 25.0 Å². The van der Waals surface area contributed by atoms with Crippen LogP contribution in [0.25, 0.3) is 0 Å². The number of carboxylic acids is 1. The number of rotatable bonds is 8. The number of thioether (sulfide) groups is 1. The predicted molar refractivity (Wildman–Crippen MR) is 93.8 cm³/mol. The standard InChI is InChI=1S/C16H18ClN3O3S/c1-2-7-24-16-19-8-13(15(23)18-9-14(21)22)20(16)10-11-5-3-4-6-12(11)17/h3-6,8H,2,7,9-10H2,1H3,(H,18,23)(H,21,22). The maximum Gasteiger partial charge on any atom is 0.322 e. The Morgan fingerprint density at radius 3 is 2.79 bits per heavy atom. The number of carbonyl (C=O) groups is 2. The highest BCUT2D eigenvalue weighted by Crippen LogP contribution is 2.23. The van der Waals surface area contributed by atoms with Crippen molar-refractivity contribution in [3.63, 3.8) is 0 Å². The first kappa shape index (κ1) is 18.4. The summed E-state index contributed by atoms with van der Waals surface area (Å²) in [4.78, 5) is 27.2. The van der Waals surface area contributed by atoms with Gasteiger partial charge >= 0.3 is 5.97 Å². The molecule has 128 valence electrons. The summed E-state index contributed by atoms with van der Waals surface area (Å²) in [7, 11) is 0. The smallest absolute Gasteiger partial charge is 0.322 e. The number of amides is 1. The topological polar surface area (TPSA) is 84.2 Å². The van der Waals surface area contributed by atoms with E-state index in [-0.39, 0.29) is 0 Å². The van der Waals surface area contributed by atoms with Gasteiger partial charge in [0, 0.05) is 10.8 Å². The molecule has 0 aliphatic rings. The van der Waals surface area contributed by atoms with Crippen molar-refractivity contribution >= 4 is 35.2 Å². The van der Waals surface area contributed by atoms with Crippen LogP contribution in [0.4, 0.5) is 0 Å². The molecule has 2 N–H and O–H groups in total. The Labute approximate surface area is 149 Å². The van der Waals surface area contributed by atoms with Crippen LogP contribution in [0.2, 0.25) is 5.02 Å². The second-order valence-electron chi connectivity index (χ2n) is 5.03. The fraction of sp³-hybridized carbons (Fsp3) is 0.312. The molecular weight excluding hydrogens is 350 g/mol. The van der Waals surface area contributed by atoms with Crippen molar-refractivity contribution in [1.29, 1.82) is 0 Å². The van der Waals surface area contributed by atoms with Gasteiger partial charge in [0.05, 0.1) is 12.7 Å². The SMILES string of the molecule is CCCSc1ncc(C(=O)NCC(=O)O)n1Cc1ccccc1Cl. The zero-order valence-corrected chi connectivity index (χ0v) is 14.7. The van der Waals surface area contributed by atoms with Gasteiger partial charge in [0.2, 0.25) is 0 Å². The first-order valence-corrected chi connectivity index (χ1v) is 8.81. The summed E-state index contributed by atoms with van der Waals surface area (Å²) in [6.07, 6.45) is 2.44. The minimum Gasteiger partial charge on any atom is -0.480 e. The molecule has 2 rings (SSSR count). The number of nitrogens with one attached hydrogen (secondary N) is 1. The molecule has 1 aromatic heterocycles. The molecule has 6 nitrogen and oxygen atoms in total. The Bertz CT molecular complexity index is 733. The molecule has 0 unspecified atom stereocenters. The third-order valence-electron chi connectivity index (χ3n) is 3.17. The summed E-state index contributed by atoms with van der Waals surface area (Å²) >= 11 is 7.76. The molecule has 0 spiro atoms. The molecule has 0 saturated carbocycles. The molecule has 1 heterocycles. The van der Waals surface area contributed by atoms with Crippen LogP contribution in [0, 0.1) is 0 Å². The predicted octanol–water partition coefficient (Wildman–Crippen LogP) is 2.90. The van der Waals surface area contributed by atoms with Crippen LogP contribution in [-0.4, -0.2) is 38.8 Å².